The lowest BCUT2D eigenvalue weighted by Gasteiger charge is -2.28. The maximum Gasteiger partial charge on any atom is 0.284 e. The highest BCUT2D eigenvalue weighted by Gasteiger charge is 2.17. The van der Waals surface area contributed by atoms with E-state index in [2.05, 4.69) is 22.0 Å². The van der Waals surface area contributed by atoms with E-state index in [4.69, 9.17) is 16.6 Å². The van der Waals surface area contributed by atoms with Crippen LogP contribution in [0.1, 0.15) is 25.7 Å². The van der Waals surface area contributed by atoms with Crippen molar-refractivity contribution in [2.45, 2.75) is 26.3 Å². The molecule has 2 rings (SSSR count). The van der Waals surface area contributed by atoms with Crippen LogP contribution in [0.4, 0.5) is 0 Å². The van der Waals surface area contributed by atoms with E-state index in [1.807, 2.05) is 0 Å². The maximum atomic E-state index is 5.22. The zero-order valence-electron chi connectivity index (χ0n) is 8.32. The molecule has 0 bridgehead atoms. The topological polar surface area (TPSA) is 45.1 Å². The first-order valence-corrected chi connectivity index (χ1v) is 5.41. The van der Waals surface area contributed by atoms with Crippen LogP contribution in [0.2, 0.25) is 0 Å². The second-order valence-corrected chi connectivity index (χ2v) is 4.34. The molecule has 0 radical (unpaired) electrons. The van der Waals surface area contributed by atoms with Crippen LogP contribution in [0.5, 0.6) is 0 Å². The number of rotatable bonds is 2. The van der Waals surface area contributed by atoms with E-state index in [1.165, 1.54) is 12.8 Å². The number of likely N-dealkylation sites (tertiary alicyclic amines) is 1. The van der Waals surface area contributed by atoms with Crippen LogP contribution in [-0.2, 0) is 6.54 Å². The Morgan fingerprint density at radius 1 is 1.57 bits per heavy atom. The number of aromatic amines is 1. The molecule has 5 heteroatoms. The molecule has 14 heavy (non-hydrogen) atoms. The molecule has 0 amide bonds. The molecule has 78 valence electrons. The molecule has 4 nitrogen and oxygen atoms in total. The highest BCUT2D eigenvalue weighted by molar-refractivity contribution is 7.71. The van der Waals surface area contributed by atoms with Gasteiger partial charge < -0.3 is 4.42 Å². The number of nitrogens with one attached hydrogen (secondary N) is 1. The van der Waals surface area contributed by atoms with Crippen LogP contribution in [0.25, 0.3) is 0 Å². The third-order valence-corrected chi connectivity index (χ3v) is 2.89. The third-order valence-electron chi connectivity index (χ3n) is 2.72. The van der Waals surface area contributed by atoms with E-state index in [-0.39, 0.29) is 0 Å². The van der Waals surface area contributed by atoms with E-state index in [1.54, 1.807) is 0 Å². The van der Waals surface area contributed by atoms with E-state index in [0.29, 0.717) is 10.7 Å². The number of aromatic nitrogens is 2. The van der Waals surface area contributed by atoms with E-state index in [9.17, 15) is 0 Å². The Morgan fingerprint density at radius 3 is 2.86 bits per heavy atom. The van der Waals surface area contributed by atoms with Crippen LogP contribution < -0.4 is 0 Å². The zero-order valence-corrected chi connectivity index (χ0v) is 9.14. The van der Waals surface area contributed by atoms with Gasteiger partial charge in [-0.2, -0.15) is 0 Å². The monoisotopic (exact) mass is 213 g/mol. The largest absolute Gasteiger partial charge is 0.413 e. The molecule has 0 atom stereocenters. The summed E-state index contributed by atoms with van der Waals surface area (Å²) in [5.74, 6) is 1.56. The minimum Gasteiger partial charge on any atom is -0.413 e. The van der Waals surface area contributed by atoms with Gasteiger partial charge in [0.2, 0.25) is 5.89 Å². The molecular weight excluding hydrogens is 198 g/mol. The van der Waals surface area contributed by atoms with Gasteiger partial charge in [-0.1, -0.05) is 6.92 Å². The highest BCUT2D eigenvalue weighted by atomic mass is 32.1. The molecule has 1 aromatic heterocycles. The molecular formula is C9H15N3OS. The summed E-state index contributed by atoms with van der Waals surface area (Å²) in [4.78, 5) is 2.72. The van der Waals surface area contributed by atoms with Gasteiger partial charge in [-0.15, -0.1) is 5.10 Å². The number of H-pyrrole nitrogens is 1. The number of piperidine rings is 1. The van der Waals surface area contributed by atoms with E-state index >= 15 is 0 Å². The SMILES string of the molecule is CC1CCN(Cc2n[nH]c(=S)o2)CC1. The van der Waals surface area contributed by atoms with Gasteiger partial charge in [0.1, 0.15) is 0 Å². The molecule has 0 aliphatic carbocycles. The Balaban J connectivity index is 1.89. The van der Waals surface area contributed by atoms with Gasteiger partial charge in [0, 0.05) is 0 Å². The molecule has 0 aromatic carbocycles. The summed E-state index contributed by atoms with van der Waals surface area (Å²) in [6, 6.07) is 0. The standard InChI is InChI=1S/C9H15N3OS/c1-7-2-4-12(5-3-7)6-8-10-11-9(14)13-8/h7H,2-6H2,1H3,(H,11,14). The number of nitrogens with zero attached hydrogens (tertiary/aromatic N) is 2. The fourth-order valence-corrected chi connectivity index (χ4v) is 1.88. The van der Waals surface area contributed by atoms with Gasteiger partial charge in [-0.05, 0) is 44.1 Å². The second-order valence-electron chi connectivity index (χ2n) is 3.97. The highest BCUT2D eigenvalue weighted by Crippen LogP contribution is 2.17. The smallest absolute Gasteiger partial charge is 0.284 e. The molecule has 0 unspecified atom stereocenters. The average Bonchev–Trinajstić information content (AvgIpc) is 2.56. The van der Waals surface area contributed by atoms with Gasteiger partial charge in [-0.3, -0.25) is 4.90 Å². The minimum absolute atomic E-state index is 0.366. The molecule has 1 aliphatic heterocycles. The second kappa shape index (κ2) is 4.23. The van der Waals surface area contributed by atoms with Crippen molar-refractivity contribution in [3.8, 4) is 0 Å². The predicted molar refractivity (Wildman–Crippen MR) is 55.4 cm³/mol. The number of hydrogen-bond donors (Lipinski definition) is 1. The lowest BCUT2D eigenvalue weighted by molar-refractivity contribution is 0.170. The summed E-state index contributed by atoms with van der Waals surface area (Å²) in [7, 11) is 0. The first-order valence-electron chi connectivity index (χ1n) is 5.01. The first-order chi connectivity index (χ1) is 6.74. The average molecular weight is 213 g/mol. The van der Waals surface area contributed by atoms with Crippen molar-refractivity contribution in [1.29, 1.82) is 0 Å². The van der Waals surface area contributed by atoms with Crippen LogP contribution in [0, 0.1) is 10.8 Å². The van der Waals surface area contributed by atoms with E-state index < -0.39 is 0 Å². The quantitative estimate of drug-likeness (QED) is 0.763. The van der Waals surface area contributed by atoms with Crippen molar-refractivity contribution in [2.24, 2.45) is 5.92 Å². The molecule has 1 fully saturated rings. The van der Waals surface area contributed by atoms with Crippen molar-refractivity contribution < 1.29 is 4.42 Å². The van der Waals surface area contributed by atoms with Gasteiger partial charge in [0.05, 0.1) is 6.54 Å². The Morgan fingerprint density at radius 2 is 2.29 bits per heavy atom. The van der Waals surface area contributed by atoms with Crippen LogP contribution in [0.15, 0.2) is 4.42 Å². The van der Waals surface area contributed by atoms with Gasteiger partial charge in [0.15, 0.2) is 0 Å². The fourth-order valence-electron chi connectivity index (χ4n) is 1.74. The maximum absolute atomic E-state index is 5.22. The summed E-state index contributed by atoms with van der Waals surface area (Å²) in [6.07, 6.45) is 2.54. The lowest BCUT2D eigenvalue weighted by Crippen LogP contribution is -2.32. The van der Waals surface area contributed by atoms with Gasteiger partial charge in [0.25, 0.3) is 4.84 Å². The van der Waals surface area contributed by atoms with Crippen molar-refractivity contribution >= 4 is 12.2 Å². The number of hydrogen-bond acceptors (Lipinski definition) is 4. The van der Waals surface area contributed by atoms with Crippen molar-refractivity contribution in [1.82, 2.24) is 15.1 Å². The van der Waals surface area contributed by atoms with Gasteiger partial charge >= 0.3 is 0 Å². The molecule has 2 heterocycles. The normalized spacial score (nSPS) is 20.1. The van der Waals surface area contributed by atoms with Crippen LogP contribution >= 0.6 is 12.2 Å². The Hall–Kier alpha value is -0.680. The fraction of sp³-hybridized carbons (Fsp3) is 0.778. The molecule has 1 saturated heterocycles. The summed E-state index contributed by atoms with van der Waals surface area (Å²) in [6.45, 7) is 5.35. The van der Waals surface area contributed by atoms with E-state index in [0.717, 1.165) is 25.6 Å². The molecule has 1 aromatic rings. The van der Waals surface area contributed by atoms with Crippen LogP contribution in [0.3, 0.4) is 0 Å². The zero-order chi connectivity index (χ0) is 9.97. The van der Waals surface area contributed by atoms with Crippen LogP contribution in [-0.4, -0.2) is 28.2 Å². The predicted octanol–water partition coefficient (Wildman–Crippen LogP) is 1.96. The summed E-state index contributed by atoms with van der Waals surface area (Å²) in [5, 5.41) is 6.63. The third kappa shape index (κ3) is 2.42. The first kappa shape index (κ1) is 9.86. The molecule has 1 aliphatic rings. The van der Waals surface area contributed by atoms with Crippen molar-refractivity contribution in [3.63, 3.8) is 0 Å². The summed E-state index contributed by atoms with van der Waals surface area (Å²) < 4.78 is 5.22. The lowest BCUT2D eigenvalue weighted by atomic mass is 9.99. The Labute approximate surface area is 88.3 Å². The van der Waals surface area contributed by atoms with Gasteiger partial charge in [-0.25, -0.2) is 5.10 Å². The summed E-state index contributed by atoms with van der Waals surface area (Å²) >= 11 is 4.82. The Kier molecular flexibility index (Phi) is 2.98. The minimum atomic E-state index is 0.366. The molecule has 0 saturated carbocycles. The molecule has 0 spiro atoms. The Bertz CT molecular complexity index is 338. The van der Waals surface area contributed by atoms with Crippen molar-refractivity contribution in [2.75, 3.05) is 13.1 Å². The summed E-state index contributed by atoms with van der Waals surface area (Å²) in [5.41, 5.74) is 0. The van der Waals surface area contributed by atoms with Crippen molar-refractivity contribution in [3.05, 3.63) is 10.7 Å². The molecule has 1 N–H and O–H groups in total.